The van der Waals surface area contributed by atoms with E-state index in [1.165, 1.54) is 66.1 Å². The maximum absolute atomic E-state index is 4.68. The van der Waals surface area contributed by atoms with E-state index < -0.39 is 0 Å². The van der Waals surface area contributed by atoms with Gasteiger partial charge < -0.3 is 9.80 Å². The van der Waals surface area contributed by atoms with Crippen molar-refractivity contribution < 1.29 is 0 Å². The van der Waals surface area contributed by atoms with Gasteiger partial charge in [0.15, 0.2) is 0 Å². The second kappa shape index (κ2) is 24.5. The van der Waals surface area contributed by atoms with Crippen LogP contribution in [0.5, 0.6) is 0 Å². The number of benzene rings is 8. The minimum absolute atomic E-state index is 0.201. The molecule has 0 amide bonds. The fourth-order valence-corrected chi connectivity index (χ4v) is 10.5. The lowest BCUT2D eigenvalue weighted by Crippen LogP contribution is -2.23. The van der Waals surface area contributed by atoms with E-state index in [0.717, 1.165) is 53.4 Å². The fraction of sp³-hybridized carbons (Fsp3) is 0.167. The maximum Gasteiger partial charge on any atom is 0.0539 e. The smallest absolute Gasteiger partial charge is 0.0539 e. The van der Waals surface area contributed by atoms with Crippen LogP contribution in [0.2, 0.25) is 0 Å². The van der Waals surface area contributed by atoms with Crippen molar-refractivity contribution in [3.8, 4) is 33.4 Å². The molecule has 2 unspecified atom stereocenters. The Balaban J connectivity index is 0.000000749. The number of rotatable bonds is 15. The monoisotopic (exact) mass is 965 g/mol. The highest BCUT2D eigenvalue weighted by Gasteiger charge is 2.56. The Hall–Kier alpha value is -8.20. The van der Waals surface area contributed by atoms with Gasteiger partial charge in [-0.05, 0) is 150 Å². The Morgan fingerprint density at radius 2 is 1.09 bits per heavy atom. The van der Waals surface area contributed by atoms with Crippen molar-refractivity contribution in [2.24, 2.45) is 5.92 Å². The number of anilines is 3. The summed E-state index contributed by atoms with van der Waals surface area (Å²) in [5.41, 5.74) is 16.2. The molecule has 8 aromatic carbocycles. The van der Waals surface area contributed by atoms with Crippen LogP contribution in [0.3, 0.4) is 0 Å². The molecule has 0 aliphatic heterocycles. The molecule has 0 aromatic heterocycles. The SMILES string of the molecule is C/C=C\C(C)=C\C.C=C(/C=C\CCC)N(C1=CC2CC2(c2c(-c3ccccc3)c(-c3ccccc3)c(-c3ccc(N(C(=C)/C=C/C)c4ccccc4)cc3)c3ccccc23)C=C1)c1cccc2ccccc12.CC. The van der Waals surface area contributed by atoms with E-state index in [1.807, 2.05) is 46.8 Å². The van der Waals surface area contributed by atoms with Gasteiger partial charge in [0.2, 0.25) is 0 Å². The average molecular weight is 965 g/mol. The molecule has 10 rings (SSSR count). The molecule has 74 heavy (non-hydrogen) atoms. The van der Waals surface area contributed by atoms with E-state index in [4.69, 9.17) is 0 Å². The van der Waals surface area contributed by atoms with Gasteiger partial charge in [0.05, 0.1) is 5.69 Å². The predicted molar refractivity (Wildman–Crippen MR) is 325 cm³/mol. The molecule has 0 radical (unpaired) electrons. The summed E-state index contributed by atoms with van der Waals surface area (Å²) in [6, 6.07) is 66.1. The van der Waals surface area contributed by atoms with E-state index in [2.05, 4.69) is 267 Å². The molecule has 2 nitrogen and oxygen atoms in total. The second-order valence-electron chi connectivity index (χ2n) is 18.8. The molecule has 2 heteroatoms. The van der Waals surface area contributed by atoms with Crippen LogP contribution in [-0.2, 0) is 5.41 Å². The Bertz CT molecular complexity index is 3400. The molecule has 1 saturated carbocycles. The van der Waals surface area contributed by atoms with Crippen LogP contribution in [0, 0.1) is 5.92 Å². The lowest BCUT2D eigenvalue weighted by Gasteiger charge is -2.32. The Morgan fingerprint density at radius 1 is 0.554 bits per heavy atom. The topological polar surface area (TPSA) is 6.48 Å². The van der Waals surface area contributed by atoms with Crippen molar-refractivity contribution in [1.29, 1.82) is 0 Å². The number of fused-ring (bicyclic) bond motifs is 3. The lowest BCUT2D eigenvalue weighted by molar-refractivity contribution is 0.815. The first-order valence-corrected chi connectivity index (χ1v) is 26.6. The standard InChI is InChI=1S/C63H54N2.C7H12.C2H6/c1-5-7-11-24-46(4)65(58-36-22-30-47-25-18-19-33-55(47)58)54-41-42-63(44-51(63)43-54)62-57-35-21-20-34-56(57)59(60(48-26-12-8-13-27-48)61(62)49-28-14-9-15-29-49)50-37-39-53(40-38-50)64(45(3)23-6-2)52-31-16-10-17-32-52;1-4-6-7(3)5-2;1-2/h6,8-43,51H,3-5,7,44H2,1-2H3;4-6H,1-3H3;1-2H3/b23-6+,24-11-;6-4-,7-5+;. The van der Waals surface area contributed by atoms with E-state index in [9.17, 15) is 0 Å². The summed E-state index contributed by atoms with van der Waals surface area (Å²) in [6.07, 6.45) is 25.3. The van der Waals surface area contributed by atoms with Gasteiger partial charge in [-0.1, -0.05) is 240 Å². The quantitative estimate of drug-likeness (QED) is 0.0945. The number of unbranched alkanes of at least 4 members (excludes halogenated alkanes) is 1. The van der Waals surface area contributed by atoms with Gasteiger partial charge in [-0.25, -0.2) is 0 Å². The Kier molecular flexibility index (Phi) is 17.2. The lowest BCUT2D eigenvalue weighted by atomic mass is 9.74. The van der Waals surface area contributed by atoms with Crippen LogP contribution in [-0.4, -0.2) is 0 Å². The van der Waals surface area contributed by atoms with Crippen molar-refractivity contribution in [1.82, 2.24) is 0 Å². The first kappa shape index (κ1) is 52.1. The van der Waals surface area contributed by atoms with E-state index in [-0.39, 0.29) is 5.41 Å². The summed E-state index contributed by atoms with van der Waals surface area (Å²) in [6.45, 7) is 23.5. The van der Waals surface area contributed by atoms with Gasteiger partial charge in [-0.3, -0.25) is 0 Å². The zero-order valence-corrected chi connectivity index (χ0v) is 44.6. The van der Waals surface area contributed by atoms with Crippen LogP contribution in [0.1, 0.15) is 73.3 Å². The highest BCUT2D eigenvalue weighted by Crippen LogP contribution is 2.64. The van der Waals surface area contributed by atoms with E-state index in [1.54, 1.807) is 0 Å². The maximum atomic E-state index is 4.68. The summed E-state index contributed by atoms with van der Waals surface area (Å²) in [5, 5.41) is 4.98. The summed E-state index contributed by atoms with van der Waals surface area (Å²) in [5.74, 6) is 0.293. The number of allylic oxidation sites excluding steroid dienone is 11. The fourth-order valence-electron chi connectivity index (χ4n) is 10.5. The third-order valence-electron chi connectivity index (χ3n) is 14.1. The molecule has 0 heterocycles. The summed E-state index contributed by atoms with van der Waals surface area (Å²) >= 11 is 0. The average Bonchev–Trinajstić information content (AvgIpc) is 4.19. The van der Waals surface area contributed by atoms with Crippen molar-refractivity contribution in [3.63, 3.8) is 0 Å². The van der Waals surface area contributed by atoms with Crippen molar-refractivity contribution >= 4 is 38.6 Å². The van der Waals surface area contributed by atoms with Crippen LogP contribution >= 0.6 is 0 Å². The molecular weight excluding hydrogens is 893 g/mol. The zero-order chi connectivity index (χ0) is 52.0. The first-order valence-electron chi connectivity index (χ1n) is 26.6. The van der Waals surface area contributed by atoms with Crippen molar-refractivity contribution in [2.45, 2.75) is 73.1 Å². The van der Waals surface area contributed by atoms with Gasteiger partial charge in [0, 0.05) is 39.3 Å². The number of para-hydroxylation sites is 1. The van der Waals surface area contributed by atoms with Crippen LogP contribution < -0.4 is 9.80 Å². The molecular formula is C72H72N2. The largest absolute Gasteiger partial charge is 0.311 e. The normalized spacial score (nSPS) is 15.8. The zero-order valence-electron chi connectivity index (χ0n) is 44.6. The summed E-state index contributed by atoms with van der Waals surface area (Å²) < 4.78 is 0. The molecule has 0 saturated heterocycles. The van der Waals surface area contributed by atoms with Crippen LogP contribution in [0.25, 0.3) is 54.9 Å². The van der Waals surface area contributed by atoms with E-state index in [0.29, 0.717) is 5.92 Å². The molecule has 2 aliphatic carbocycles. The van der Waals surface area contributed by atoms with Crippen LogP contribution in [0.15, 0.2) is 279 Å². The highest BCUT2D eigenvalue weighted by atomic mass is 15.2. The third-order valence-corrected chi connectivity index (χ3v) is 14.1. The predicted octanol–water partition coefficient (Wildman–Crippen LogP) is 20.9. The Morgan fingerprint density at radius 3 is 1.70 bits per heavy atom. The molecule has 2 aliphatic rings. The van der Waals surface area contributed by atoms with Crippen molar-refractivity contribution in [3.05, 3.63) is 284 Å². The molecule has 0 bridgehead atoms. The van der Waals surface area contributed by atoms with Gasteiger partial charge >= 0.3 is 0 Å². The summed E-state index contributed by atoms with van der Waals surface area (Å²) in [7, 11) is 0. The number of hydrogen-bond donors (Lipinski definition) is 0. The molecule has 0 N–H and O–H groups in total. The van der Waals surface area contributed by atoms with Gasteiger partial charge in [0.25, 0.3) is 0 Å². The van der Waals surface area contributed by atoms with Gasteiger partial charge in [-0.15, -0.1) is 0 Å². The minimum Gasteiger partial charge on any atom is -0.311 e. The van der Waals surface area contributed by atoms with Crippen LogP contribution in [0.4, 0.5) is 17.1 Å². The molecule has 1 fully saturated rings. The Labute approximate surface area is 442 Å². The first-order chi connectivity index (χ1) is 36.3. The van der Waals surface area contributed by atoms with Crippen molar-refractivity contribution in [2.75, 3.05) is 9.80 Å². The third kappa shape index (κ3) is 10.9. The second-order valence-corrected chi connectivity index (χ2v) is 18.8. The van der Waals surface area contributed by atoms with E-state index >= 15 is 0 Å². The van der Waals surface area contributed by atoms with Gasteiger partial charge in [-0.2, -0.15) is 0 Å². The molecule has 370 valence electrons. The highest BCUT2D eigenvalue weighted by molar-refractivity contribution is 6.13. The minimum atomic E-state index is -0.201. The molecule has 2 atom stereocenters. The molecule has 8 aromatic rings. The molecule has 0 spiro atoms. The number of nitrogens with zero attached hydrogens (tertiary/aromatic N) is 2. The number of hydrogen-bond acceptors (Lipinski definition) is 2. The van der Waals surface area contributed by atoms with Gasteiger partial charge in [0.1, 0.15) is 0 Å². The summed E-state index contributed by atoms with van der Waals surface area (Å²) in [4.78, 5) is 4.60.